The Morgan fingerprint density at radius 3 is 2.44 bits per heavy atom. The summed E-state index contributed by atoms with van der Waals surface area (Å²) >= 11 is 0. The van der Waals surface area contributed by atoms with Crippen molar-refractivity contribution in [3.8, 4) is 0 Å². The fourth-order valence-corrected chi connectivity index (χ4v) is 1.98. The highest BCUT2D eigenvalue weighted by molar-refractivity contribution is 5.85. The summed E-state index contributed by atoms with van der Waals surface area (Å²) in [7, 11) is 0. The van der Waals surface area contributed by atoms with Crippen LogP contribution in [0.5, 0.6) is 0 Å². The largest absolute Gasteiger partial charge is 0.379 e. The van der Waals surface area contributed by atoms with Crippen molar-refractivity contribution in [3.63, 3.8) is 0 Å². The molecular formula is C13H20ClNO. The van der Waals surface area contributed by atoms with E-state index >= 15 is 0 Å². The normalized spacial score (nSPS) is 16.8. The van der Waals surface area contributed by atoms with Crippen molar-refractivity contribution in [3.05, 3.63) is 35.9 Å². The molecule has 1 heterocycles. The van der Waals surface area contributed by atoms with E-state index in [2.05, 4.69) is 35.2 Å². The van der Waals surface area contributed by atoms with Crippen LogP contribution in [0.25, 0.3) is 0 Å². The van der Waals surface area contributed by atoms with Crippen LogP contribution in [-0.2, 0) is 11.2 Å². The van der Waals surface area contributed by atoms with Gasteiger partial charge in [0.25, 0.3) is 0 Å². The molecule has 0 unspecified atom stereocenters. The molecule has 3 heteroatoms. The molecule has 1 saturated heterocycles. The number of nitrogens with zero attached hydrogens (tertiary/aromatic N) is 1. The average molecular weight is 242 g/mol. The minimum atomic E-state index is 0. The zero-order valence-electron chi connectivity index (χ0n) is 9.60. The first-order chi connectivity index (χ1) is 7.45. The van der Waals surface area contributed by atoms with E-state index in [0.29, 0.717) is 0 Å². The summed E-state index contributed by atoms with van der Waals surface area (Å²) in [6.45, 7) is 5.23. The SMILES string of the molecule is Cl.c1ccc(CCCN2CCOCC2)cc1. The lowest BCUT2D eigenvalue weighted by Gasteiger charge is -2.26. The first kappa shape index (κ1) is 13.5. The van der Waals surface area contributed by atoms with Crippen LogP contribution in [-0.4, -0.2) is 37.7 Å². The number of ether oxygens (including phenoxy) is 1. The van der Waals surface area contributed by atoms with Gasteiger partial charge in [0.1, 0.15) is 0 Å². The van der Waals surface area contributed by atoms with Crippen LogP contribution in [0.2, 0.25) is 0 Å². The maximum absolute atomic E-state index is 5.32. The number of morpholine rings is 1. The van der Waals surface area contributed by atoms with Crippen molar-refractivity contribution in [1.29, 1.82) is 0 Å². The molecule has 0 amide bonds. The third-order valence-corrected chi connectivity index (χ3v) is 2.89. The maximum atomic E-state index is 5.32. The zero-order chi connectivity index (χ0) is 10.3. The van der Waals surface area contributed by atoms with Gasteiger partial charge in [0.05, 0.1) is 13.2 Å². The molecule has 0 aliphatic carbocycles. The number of hydrogen-bond acceptors (Lipinski definition) is 2. The second-order valence-corrected chi connectivity index (χ2v) is 4.04. The highest BCUT2D eigenvalue weighted by atomic mass is 35.5. The summed E-state index contributed by atoms with van der Waals surface area (Å²) in [5.74, 6) is 0. The van der Waals surface area contributed by atoms with Gasteiger partial charge in [-0.2, -0.15) is 0 Å². The fraction of sp³-hybridized carbons (Fsp3) is 0.538. The Kier molecular flexibility index (Phi) is 6.46. The van der Waals surface area contributed by atoms with Gasteiger partial charge in [0.15, 0.2) is 0 Å². The Bertz CT molecular complexity index is 273. The lowest BCUT2D eigenvalue weighted by atomic mass is 10.1. The van der Waals surface area contributed by atoms with E-state index in [1.807, 2.05) is 0 Å². The molecule has 2 rings (SSSR count). The van der Waals surface area contributed by atoms with Gasteiger partial charge in [-0.1, -0.05) is 30.3 Å². The summed E-state index contributed by atoms with van der Waals surface area (Å²) in [6, 6.07) is 10.7. The van der Waals surface area contributed by atoms with Crippen molar-refractivity contribution in [2.24, 2.45) is 0 Å². The average Bonchev–Trinajstić information content (AvgIpc) is 2.32. The van der Waals surface area contributed by atoms with E-state index < -0.39 is 0 Å². The number of halogens is 1. The summed E-state index contributed by atoms with van der Waals surface area (Å²) < 4.78 is 5.32. The topological polar surface area (TPSA) is 12.5 Å². The summed E-state index contributed by atoms with van der Waals surface area (Å²) in [5, 5.41) is 0. The van der Waals surface area contributed by atoms with Crippen LogP contribution >= 0.6 is 12.4 Å². The lowest BCUT2D eigenvalue weighted by Crippen LogP contribution is -2.36. The molecule has 0 N–H and O–H groups in total. The summed E-state index contributed by atoms with van der Waals surface area (Å²) in [5.41, 5.74) is 1.45. The van der Waals surface area contributed by atoms with Gasteiger partial charge < -0.3 is 4.74 Å². The minimum Gasteiger partial charge on any atom is -0.379 e. The highest BCUT2D eigenvalue weighted by Gasteiger charge is 2.08. The lowest BCUT2D eigenvalue weighted by molar-refractivity contribution is 0.0375. The van der Waals surface area contributed by atoms with Gasteiger partial charge in [0.2, 0.25) is 0 Å². The molecule has 0 spiro atoms. The van der Waals surface area contributed by atoms with E-state index in [4.69, 9.17) is 4.74 Å². The van der Waals surface area contributed by atoms with Crippen LogP contribution < -0.4 is 0 Å². The smallest absolute Gasteiger partial charge is 0.0594 e. The molecule has 0 aromatic heterocycles. The van der Waals surface area contributed by atoms with Crippen molar-refractivity contribution < 1.29 is 4.74 Å². The number of rotatable bonds is 4. The molecule has 2 nitrogen and oxygen atoms in total. The van der Waals surface area contributed by atoms with E-state index in [-0.39, 0.29) is 12.4 Å². The third kappa shape index (κ3) is 4.52. The van der Waals surface area contributed by atoms with Crippen LogP contribution in [0.3, 0.4) is 0 Å². The molecule has 0 saturated carbocycles. The Balaban J connectivity index is 0.00000128. The molecule has 1 aromatic rings. The van der Waals surface area contributed by atoms with Gasteiger partial charge in [-0.25, -0.2) is 0 Å². The Labute approximate surface area is 104 Å². The summed E-state index contributed by atoms with van der Waals surface area (Å²) in [4.78, 5) is 2.49. The Morgan fingerprint density at radius 2 is 1.75 bits per heavy atom. The fourth-order valence-electron chi connectivity index (χ4n) is 1.98. The number of aryl methyl sites for hydroxylation is 1. The van der Waals surface area contributed by atoms with E-state index in [1.165, 1.54) is 24.9 Å². The second kappa shape index (κ2) is 7.66. The molecule has 1 fully saturated rings. The van der Waals surface area contributed by atoms with Crippen LogP contribution in [0.1, 0.15) is 12.0 Å². The molecule has 0 bridgehead atoms. The molecule has 0 radical (unpaired) electrons. The standard InChI is InChI=1S/C13H19NO.ClH/c1-2-5-13(6-3-1)7-4-8-14-9-11-15-12-10-14;/h1-3,5-6H,4,7-12H2;1H. The second-order valence-electron chi connectivity index (χ2n) is 4.04. The number of benzene rings is 1. The van der Waals surface area contributed by atoms with Crippen molar-refractivity contribution in [1.82, 2.24) is 4.90 Å². The molecule has 1 aromatic carbocycles. The Hall–Kier alpha value is -0.570. The quantitative estimate of drug-likeness (QED) is 0.803. The monoisotopic (exact) mass is 241 g/mol. The predicted octanol–water partition coefficient (Wildman–Crippen LogP) is 2.37. The van der Waals surface area contributed by atoms with Gasteiger partial charge in [-0.3, -0.25) is 4.90 Å². The van der Waals surface area contributed by atoms with Gasteiger partial charge in [-0.15, -0.1) is 12.4 Å². The molecular weight excluding hydrogens is 222 g/mol. The van der Waals surface area contributed by atoms with Crippen LogP contribution in [0.15, 0.2) is 30.3 Å². The number of hydrogen-bond donors (Lipinski definition) is 0. The highest BCUT2D eigenvalue weighted by Crippen LogP contribution is 2.04. The first-order valence-electron chi connectivity index (χ1n) is 5.79. The predicted molar refractivity (Wildman–Crippen MR) is 69.3 cm³/mol. The molecule has 90 valence electrons. The summed E-state index contributed by atoms with van der Waals surface area (Å²) in [6.07, 6.45) is 2.45. The molecule has 1 aliphatic heterocycles. The molecule has 0 atom stereocenters. The maximum Gasteiger partial charge on any atom is 0.0594 e. The first-order valence-corrected chi connectivity index (χ1v) is 5.79. The van der Waals surface area contributed by atoms with Crippen LogP contribution in [0.4, 0.5) is 0 Å². The van der Waals surface area contributed by atoms with Crippen LogP contribution in [0, 0.1) is 0 Å². The van der Waals surface area contributed by atoms with Crippen molar-refractivity contribution >= 4 is 12.4 Å². The third-order valence-electron chi connectivity index (χ3n) is 2.89. The molecule has 1 aliphatic rings. The van der Waals surface area contributed by atoms with E-state index in [1.54, 1.807) is 0 Å². The van der Waals surface area contributed by atoms with Gasteiger partial charge in [-0.05, 0) is 24.9 Å². The van der Waals surface area contributed by atoms with Crippen molar-refractivity contribution in [2.45, 2.75) is 12.8 Å². The van der Waals surface area contributed by atoms with Gasteiger partial charge >= 0.3 is 0 Å². The molecule has 16 heavy (non-hydrogen) atoms. The Morgan fingerprint density at radius 1 is 1.06 bits per heavy atom. The van der Waals surface area contributed by atoms with Gasteiger partial charge in [0, 0.05) is 13.1 Å². The zero-order valence-corrected chi connectivity index (χ0v) is 10.4. The van der Waals surface area contributed by atoms with E-state index in [0.717, 1.165) is 26.3 Å². The van der Waals surface area contributed by atoms with E-state index in [9.17, 15) is 0 Å². The van der Waals surface area contributed by atoms with Crippen molar-refractivity contribution in [2.75, 3.05) is 32.8 Å². The minimum absolute atomic E-state index is 0.